The third kappa shape index (κ3) is 7.78. The van der Waals surface area contributed by atoms with Gasteiger partial charge in [0, 0.05) is 23.9 Å². The van der Waals surface area contributed by atoms with Crippen LogP contribution in [0.2, 0.25) is 0 Å². The van der Waals surface area contributed by atoms with Gasteiger partial charge in [-0.3, -0.25) is 4.79 Å². The molecule has 0 aliphatic rings. The molecule has 0 aromatic heterocycles. The summed E-state index contributed by atoms with van der Waals surface area (Å²) in [7, 11) is 1.23. The molecule has 3 aromatic carbocycles. The second-order valence-electron chi connectivity index (χ2n) is 7.85. The largest absolute Gasteiger partial charge is 0.488 e. The second kappa shape index (κ2) is 13.2. The molecular weight excluding hydrogens is 480 g/mol. The Labute approximate surface area is 215 Å². The normalized spacial score (nSPS) is 11.2. The molecule has 9 heteroatoms. The molecule has 2 amide bonds. The van der Waals surface area contributed by atoms with Crippen molar-refractivity contribution in [1.82, 2.24) is 5.32 Å². The minimum atomic E-state index is -0.905. The highest BCUT2D eigenvalue weighted by Crippen LogP contribution is 2.34. The first-order valence-corrected chi connectivity index (χ1v) is 11.8. The Morgan fingerprint density at radius 3 is 2.36 bits per heavy atom. The topological polar surface area (TPSA) is 103 Å². The van der Waals surface area contributed by atoms with Crippen LogP contribution in [0.25, 0.3) is 11.1 Å². The molecule has 0 spiro atoms. The van der Waals surface area contributed by atoms with Gasteiger partial charge in [-0.15, -0.1) is 0 Å². The minimum Gasteiger partial charge on any atom is -0.488 e. The predicted molar refractivity (Wildman–Crippen MR) is 140 cm³/mol. The lowest BCUT2D eigenvalue weighted by molar-refractivity contribution is -0.142. The Morgan fingerprint density at radius 1 is 0.917 bits per heavy atom. The molecule has 2 N–H and O–H groups in total. The van der Waals surface area contributed by atoms with E-state index in [0.29, 0.717) is 18.0 Å². The molecule has 3 aromatic rings. The molecule has 0 radical (unpaired) electrons. The van der Waals surface area contributed by atoms with Crippen LogP contribution in [-0.2, 0) is 32.3 Å². The van der Waals surface area contributed by atoms with Crippen LogP contribution in [0.1, 0.15) is 18.1 Å². The quantitative estimate of drug-likeness (QED) is 0.274. The average molecular weight is 509 g/mol. The molecule has 8 nitrogen and oxygen atoms in total. The number of esters is 1. The molecule has 0 saturated heterocycles. The first kappa shape index (κ1) is 26.6. The van der Waals surface area contributed by atoms with Gasteiger partial charge in [0.2, 0.25) is 5.91 Å². The highest BCUT2D eigenvalue weighted by Gasteiger charge is 2.20. The zero-order valence-corrected chi connectivity index (χ0v) is 20.9. The van der Waals surface area contributed by atoms with E-state index in [1.165, 1.54) is 14.0 Å². The lowest BCUT2D eigenvalue weighted by Crippen LogP contribution is -2.43. The van der Waals surface area contributed by atoms with E-state index < -0.39 is 18.1 Å². The van der Waals surface area contributed by atoms with Gasteiger partial charge < -0.3 is 24.8 Å². The van der Waals surface area contributed by atoms with Crippen molar-refractivity contribution in [1.29, 1.82) is 0 Å². The highest BCUT2D eigenvalue weighted by atomic mass is 32.1. The van der Waals surface area contributed by atoms with Crippen LogP contribution >= 0.6 is 12.6 Å². The van der Waals surface area contributed by atoms with Crippen LogP contribution in [0.15, 0.2) is 72.8 Å². The first-order chi connectivity index (χ1) is 17.4. The molecule has 0 bridgehead atoms. The molecule has 0 aliphatic heterocycles. The molecule has 0 saturated carbocycles. The Kier molecular flexibility index (Phi) is 9.76. The maximum atomic E-state index is 12.1. The number of benzene rings is 3. The standard InChI is InChI=1S/C27H28N2O6S/c1-18(30)28-22-11-12-25(34-15-19-7-4-3-5-8-19)23(14-22)21-10-6-9-20(13-21)16-35-27(32)29-24(17-36)26(31)33-2/h3-14,24,36H,15-17H2,1-2H3,(H,28,30)(H,29,32)/t24-/m0/s1. The van der Waals surface area contributed by atoms with E-state index >= 15 is 0 Å². The summed E-state index contributed by atoms with van der Waals surface area (Å²) in [5.41, 5.74) is 3.96. The monoisotopic (exact) mass is 508 g/mol. The fourth-order valence-electron chi connectivity index (χ4n) is 3.38. The van der Waals surface area contributed by atoms with Gasteiger partial charge >= 0.3 is 12.1 Å². The van der Waals surface area contributed by atoms with Crippen molar-refractivity contribution < 1.29 is 28.6 Å². The summed E-state index contributed by atoms with van der Waals surface area (Å²) < 4.78 is 16.0. The summed E-state index contributed by atoms with van der Waals surface area (Å²) in [5, 5.41) is 5.22. The molecule has 188 valence electrons. The summed E-state index contributed by atoms with van der Waals surface area (Å²) in [6, 6.07) is 21.7. The first-order valence-electron chi connectivity index (χ1n) is 11.2. The number of nitrogens with one attached hydrogen (secondary N) is 2. The third-order valence-electron chi connectivity index (χ3n) is 5.11. The zero-order chi connectivity index (χ0) is 25.9. The smallest absolute Gasteiger partial charge is 0.408 e. The fourth-order valence-corrected chi connectivity index (χ4v) is 3.62. The van der Waals surface area contributed by atoms with Crippen molar-refractivity contribution in [2.75, 3.05) is 18.2 Å². The number of alkyl carbamates (subject to hydrolysis) is 1. The molecule has 3 rings (SSSR count). The van der Waals surface area contributed by atoms with Crippen molar-refractivity contribution in [3.05, 3.63) is 83.9 Å². The van der Waals surface area contributed by atoms with Crippen LogP contribution < -0.4 is 15.4 Å². The summed E-state index contributed by atoms with van der Waals surface area (Å²) in [6.07, 6.45) is -0.760. The van der Waals surface area contributed by atoms with Crippen molar-refractivity contribution in [3.8, 4) is 16.9 Å². The SMILES string of the molecule is COC(=O)[C@H](CS)NC(=O)OCc1cccc(-c2cc(NC(C)=O)ccc2OCc2ccccc2)c1. The third-order valence-corrected chi connectivity index (χ3v) is 5.47. The number of amides is 2. The number of carbonyl (C=O) groups excluding carboxylic acids is 3. The number of thiol groups is 1. The summed E-state index contributed by atoms with van der Waals surface area (Å²) in [4.78, 5) is 35.4. The van der Waals surface area contributed by atoms with Gasteiger partial charge in [-0.2, -0.15) is 12.6 Å². The number of anilines is 1. The van der Waals surface area contributed by atoms with Crippen molar-refractivity contribution in [2.24, 2.45) is 0 Å². The molecular formula is C27H28N2O6S. The van der Waals surface area contributed by atoms with Gasteiger partial charge in [0.25, 0.3) is 0 Å². The minimum absolute atomic E-state index is 0.0221. The highest BCUT2D eigenvalue weighted by molar-refractivity contribution is 7.80. The van der Waals surface area contributed by atoms with E-state index in [9.17, 15) is 14.4 Å². The number of hydrogen-bond donors (Lipinski definition) is 3. The molecule has 0 heterocycles. The number of hydrogen-bond acceptors (Lipinski definition) is 7. The number of methoxy groups -OCH3 is 1. The van der Waals surface area contributed by atoms with Crippen molar-refractivity contribution >= 4 is 36.3 Å². The van der Waals surface area contributed by atoms with E-state index in [0.717, 1.165) is 22.3 Å². The van der Waals surface area contributed by atoms with Gasteiger partial charge in [-0.1, -0.05) is 48.5 Å². The predicted octanol–water partition coefficient (Wildman–Crippen LogP) is 4.59. The van der Waals surface area contributed by atoms with E-state index in [1.807, 2.05) is 66.7 Å². The van der Waals surface area contributed by atoms with E-state index in [1.54, 1.807) is 6.07 Å². The molecule has 0 aliphatic carbocycles. The van der Waals surface area contributed by atoms with Crippen LogP contribution in [-0.4, -0.2) is 36.9 Å². The summed E-state index contributed by atoms with van der Waals surface area (Å²) in [6.45, 7) is 1.80. The summed E-state index contributed by atoms with van der Waals surface area (Å²) >= 11 is 4.05. The van der Waals surface area contributed by atoms with Gasteiger partial charge in [0.15, 0.2) is 0 Å². The maximum Gasteiger partial charge on any atom is 0.408 e. The Hall–Kier alpha value is -3.98. The molecule has 0 unspecified atom stereocenters. The average Bonchev–Trinajstić information content (AvgIpc) is 2.89. The maximum absolute atomic E-state index is 12.1. The van der Waals surface area contributed by atoms with Crippen LogP contribution in [0.5, 0.6) is 5.75 Å². The van der Waals surface area contributed by atoms with Crippen LogP contribution in [0.3, 0.4) is 0 Å². The van der Waals surface area contributed by atoms with Crippen molar-refractivity contribution in [2.45, 2.75) is 26.2 Å². The number of rotatable bonds is 10. The number of carbonyl (C=O) groups is 3. The lowest BCUT2D eigenvalue weighted by Gasteiger charge is -2.16. The van der Waals surface area contributed by atoms with Crippen LogP contribution in [0, 0.1) is 0 Å². The Balaban J connectivity index is 1.78. The van der Waals surface area contributed by atoms with Gasteiger partial charge in [0.05, 0.1) is 7.11 Å². The van der Waals surface area contributed by atoms with Crippen LogP contribution in [0.4, 0.5) is 10.5 Å². The molecule has 36 heavy (non-hydrogen) atoms. The molecule has 1 atom stereocenters. The second-order valence-corrected chi connectivity index (χ2v) is 8.21. The Bertz CT molecular complexity index is 1200. The van der Waals surface area contributed by atoms with E-state index in [-0.39, 0.29) is 18.3 Å². The zero-order valence-electron chi connectivity index (χ0n) is 20.0. The van der Waals surface area contributed by atoms with Gasteiger partial charge in [0.1, 0.15) is 25.0 Å². The van der Waals surface area contributed by atoms with Crippen molar-refractivity contribution in [3.63, 3.8) is 0 Å². The summed E-state index contributed by atoms with van der Waals surface area (Å²) in [5.74, 6) is -0.0729. The Morgan fingerprint density at radius 2 is 1.67 bits per heavy atom. The van der Waals surface area contributed by atoms with E-state index in [4.69, 9.17) is 9.47 Å². The number of ether oxygens (including phenoxy) is 3. The van der Waals surface area contributed by atoms with Gasteiger partial charge in [-0.25, -0.2) is 9.59 Å². The lowest BCUT2D eigenvalue weighted by atomic mass is 10.0. The fraction of sp³-hybridized carbons (Fsp3) is 0.222. The van der Waals surface area contributed by atoms with E-state index in [2.05, 4.69) is 28.0 Å². The van der Waals surface area contributed by atoms with Gasteiger partial charge in [-0.05, 0) is 41.0 Å². The molecule has 0 fully saturated rings.